The molecule has 2 aromatic carbocycles. The Labute approximate surface area is 375 Å². The van der Waals surface area contributed by atoms with Crippen LogP contribution < -0.4 is 21.3 Å². The molecule has 0 aliphatic carbocycles. The van der Waals surface area contributed by atoms with Gasteiger partial charge in [0.25, 0.3) is 0 Å². The van der Waals surface area contributed by atoms with Crippen LogP contribution in [0.15, 0.2) is 48.5 Å². The fourth-order valence-corrected chi connectivity index (χ4v) is 8.21. The zero-order valence-electron chi connectivity index (χ0n) is 40.1. The van der Waals surface area contributed by atoms with Crippen molar-refractivity contribution in [2.75, 3.05) is 63.0 Å². The van der Waals surface area contributed by atoms with E-state index in [9.17, 15) is 9.59 Å². The lowest BCUT2D eigenvalue weighted by Crippen LogP contribution is -2.31. The number of amides is 4. The van der Waals surface area contributed by atoms with Crippen LogP contribution in [0, 0.1) is 0 Å². The highest BCUT2D eigenvalue weighted by Crippen LogP contribution is 2.18. The van der Waals surface area contributed by atoms with Crippen LogP contribution in [0.2, 0.25) is 0 Å². The van der Waals surface area contributed by atoms with Crippen LogP contribution in [0.4, 0.5) is 21.0 Å². The number of hydrogen-bond donors (Lipinski definition) is 4. The zero-order valence-corrected chi connectivity index (χ0v) is 40.1. The normalized spacial score (nSPS) is 11.4. The Morgan fingerprint density at radius 2 is 0.689 bits per heavy atom. The van der Waals surface area contributed by atoms with Crippen molar-refractivity contribution >= 4 is 23.4 Å². The molecule has 0 atom stereocenters. The van der Waals surface area contributed by atoms with Gasteiger partial charge in [0.15, 0.2) is 0 Å². The first kappa shape index (κ1) is 54.0. The maximum absolute atomic E-state index is 12.8. The summed E-state index contributed by atoms with van der Waals surface area (Å²) in [6, 6.07) is 15.8. The molecule has 0 radical (unpaired) electrons. The number of nitrogens with one attached hydrogen (secondary N) is 4. The highest BCUT2D eigenvalue weighted by atomic mass is 16.2. The quantitative estimate of drug-likeness (QED) is 0.0503. The Morgan fingerprint density at radius 3 is 1.02 bits per heavy atom. The lowest BCUT2D eigenvalue weighted by molar-refractivity contribution is 0.247. The van der Waals surface area contributed by atoms with Crippen LogP contribution in [-0.2, 0) is 6.42 Å². The van der Waals surface area contributed by atoms with Gasteiger partial charge in [-0.2, -0.15) is 0 Å². The van der Waals surface area contributed by atoms with Gasteiger partial charge < -0.3 is 31.1 Å². The lowest BCUT2D eigenvalue weighted by atomic mass is 10.0. The maximum Gasteiger partial charge on any atom is 0.319 e. The number of urea groups is 2. The van der Waals surface area contributed by atoms with E-state index >= 15 is 0 Å². The van der Waals surface area contributed by atoms with Gasteiger partial charge in [-0.15, -0.1) is 0 Å². The maximum atomic E-state index is 12.8. The van der Waals surface area contributed by atoms with Crippen molar-refractivity contribution in [1.82, 2.24) is 20.4 Å². The summed E-state index contributed by atoms with van der Waals surface area (Å²) in [4.78, 5) is 30.9. The second-order valence-electron chi connectivity index (χ2n) is 17.8. The van der Waals surface area contributed by atoms with Crippen LogP contribution >= 0.6 is 0 Å². The highest BCUT2D eigenvalue weighted by Gasteiger charge is 2.09. The number of anilines is 2. The van der Waals surface area contributed by atoms with Crippen molar-refractivity contribution in [2.24, 2.45) is 0 Å². The van der Waals surface area contributed by atoms with Gasteiger partial charge in [-0.3, -0.25) is 0 Å². The van der Waals surface area contributed by atoms with Crippen LogP contribution in [0.5, 0.6) is 0 Å². The second-order valence-corrected chi connectivity index (χ2v) is 17.8. The monoisotopic (exact) mass is 847 g/mol. The molecule has 8 nitrogen and oxygen atoms in total. The Bertz CT molecular complexity index is 1240. The van der Waals surface area contributed by atoms with Gasteiger partial charge in [-0.25, -0.2) is 9.59 Å². The minimum Gasteiger partial charge on any atom is -0.338 e. The lowest BCUT2D eigenvalue weighted by Gasteiger charge is -2.22. The molecular weight excluding hydrogens is 753 g/mol. The average Bonchev–Trinajstić information content (AvgIpc) is 3.25. The summed E-state index contributed by atoms with van der Waals surface area (Å²) in [6.07, 6.45) is 34.2. The minimum absolute atomic E-state index is 0.155. The first-order chi connectivity index (χ1) is 30.0. The average molecular weight is 847 g/mol. The molecule has 2 rings (SSSR count). The van der Waals surface area contributed by atoms with Gasteiger partial charge in [0.05, 0.1) is 0 Å². The van der Waals surface area contributed by atoms with Crippen molar-refractivity contribution in [1.29, 1.82) is 0 Å². The van der Waals surface area contributed by atoms with Crippen LogP contribution in [0.3, 0.4) is 0 Å². The summed E-state index contributed by atoms with van der Waals surface area (Å²) in [5.41, 5.74) is 3.78. The molecule has 2 aromatic rings. The van der Waals surface area contributed by atoms with Crippen molar-refractivity contribution in [3.63, 3.8) is 0 Å². The molecular formula is C53H94N6O2. The van der Waals surface area contributed by atoms with Gasteiger partial charge in [0, 0.05) is 24.5 Å². The summed E-state index contributed by atoms with van der Waals surface area (Å²) in [6.45, 7) is 17.5. The Morgan fingerprint density at radius 1 is 0.393 bits per heavy atom. The molecule has 61 heavy (non-hydrogen) atoms. The number of carbonyl (C=O) groups is 2. The van der Waals surface area contributed by atoms with Gasteiger partial charge in [0.2, 0.25) is 0 Å². The van der Waals surface area contributed by atoms with Gasteiger partial charge in [-0.1, -0.05) is 168 Å². The number of nitrogens with zero attached hydrogens (tertiary/aromatic N) is 2. The molecule has 0 saturated carbocycles. The molecule has 0 aliphatic rings. The topological polar surface area (TPSA) is 88.7 Å². The predicted octanol–water partition coefficient (Wildman–Crippen LogP) is 14.3. The standard InChI is InChI=1S/C53H94N6O2/c1-5-9-13-17-21-27-41-58(39-25-19-15-11-7-3)43-29-23-37-54-52(60)56-50-35-31-33-48(46-50)45-49-34-32-36-51(47-49)57-53(61)55-38-24-30-44-59(40-26-20-16-12-8-4)42-28-22-18-14-10-6-2/h31-36,46-47H,5-30,37-45H2,1-4H3,(H2,54,56,60)(H2,55,57,61). The molecule has 0 fully saturated rings. The number of rotatable bonds is 40. The molecule has 0 heterocycles. The van der Waals surface area contributed by atoms with E-state index in [1.807, 2.05) is 36.4 Å². The van der Waals surface area contributed by atoms with E-state index in [2.05, 4.69) is 70.9 Å². The van der Waals surface area contributed by atoms with E-state index in [0.717, 1.165) is 61.3 Å². The fourth-order valence-electron chi connectivity index (χ4n) is 8.21. The van der Waals surface area contributed by atoms with E-state index in [4.69, 9.17) is 0 Å². The first-order valence-corrected chi connectivity index (χ1v) is 25.7. The van der Waals surface area contributed by atoms with E-state index in [1.165, 1.54) is 167 Å². The molecule has 4 amide bonds. The van der Waals surface area contributed by atoms with Crippen molar-refractivity contribution < 1.29 is 9.59 Å². The van der Waals surface area contributed by atoms with Crippen LogP contribution in [0.1, 0.15) is 206 Å². The van der Waals surface area contributed by atoms with Gasteiger partial charge in [-0.05, 0) is 132 Å². The summed E-state index contributed by atoms with van der Waals surface area (Å²) >= 11 is 0. The number of benzene rings is 2. The molecule has 4 N–H and O–H groups in total. The largest absolute Gasteiger partial charge is 0.338 e. The van der Waals surface area contributed by atoms with E-state index < -0.39 is 0 Å². The summed E-state index contributed by atoms with van der Waals surface area (Å²) in [7, 11) is 0. The number of carbonyl (C=O) groups excluding carboxylic acids is 2. The van der Waals surface area contributed by atoms with Gasteiger partial charge in [0.1, 0.15) is 0 Å². The third-order valence-electron chi connectivity index (χ3n) is 12.0. The van der Waals surface area contributed by atoms with Gasteiger partial charge >= 0.3 is 12.1 Å². The molecule has 0 spiro atoms. The molecule has 0 unspecified atom stereocenters. The Hall–Kier alpha value is -3.10. The van der Waals surface area contributed by atoms with Crippen LogP contribution in [0.25, 0.3) is 0 Å². The van der Waals surface area contributed by atoms with E-state index in [0.29, 0.717) is 19.5 Å². The van der Waals surface area contributed by atoms with E-state index in [-0.39, 0.29) is 12.1 Å². The minimum atomic E-state index is -0.155. The van der Waals surface area contributed by atoms with Crippen LogP contribution in [-0.4, -0.2) is 74.2 Å². The Balaban J connectivity index is 1.71. The van der Waals surface area contributed by atoms with Crippen molar-refractivity contribution in [3.8, 4) is 0 Å². The van der Waals surface area contributed by atoms with E-state index in [1.54, 1.807) is 0 Å². The van der Waals surface area contributed by atoms with Crippen molar-refractivity contribution in [2.45, 2.75) is 201 Å². The summed E-state index contributed by atoms with van der Waals surface area (Å²) in [5.74, 6) is 0. The highest BCUT2D eigenvalue weighted by molar-refractivity contribution is 5.90. The Kier molecular flexibility index (Phi) is 34.2. The number of hydrogen-bond acceptors (Lipinski definition) is 4. The molecule has 0 aliphatic heterocycles. The number of unbranched alkanes of at least 4 members (excludes halogenated alkanes) is 20. The molecule has 8 heteroatoms. The first-order valence-electron chi connectivity index (χ1n) is 25.7. The second kappa shape index (κ2) is 38.6. The molecule has 348 valence electrons. The predicted molar refractivity (Wildman–Crippen MR) is 265 cm³/mol. The molecule has 0 aromatic heterocycles. The zero-order chi connectivity index (χ0) is 43.9. The summed E-state index contributed by atoms with van der Waals surface area (Å²) in [5, 5.41) is 12.2. The summed E-state index contributed by atoms with van der Waals surface area (Å²) < 4.78 is 0. The molecule has 0 bridgehead atoms. The third-order valence-corrected chi connectivity index (χ3v) is 12.0. The molecule has 0 saturated heterocycles. The smallest absolute Gasteiger partial charge is 0.319 e. The third kappa shape index (κ3) is 30.6. The fraction of sp³-hybridized carbons (Fsp3) is 0.736. The van der Waals surface area contributed by atoms with Crippen molar-refractivity contribution in [3.05, 3.63) is 59.7 Å². The SMILES string of the molecule is CCCCCCCCN(CCCCCCC)CCCCNC(=O)Nc1cccc(Cc2cccc(NC(=O)NCCCCN(CCCCCCC)CCCCCCCC)c2)c1.